The highest BCUT2D eigenvalue weighted by molar-refractivity contribution is 8.13. The molecule has 0 bridgehead atoms. The molecule has 1 atom stereocenters. The van der Waals surface area contributed by atoms with Crippen LogP contribution < -0.4 is 5.32 Å². The maximum atomic E-state index is 5.84. The molecular weight excluding hydrogens is 282 g/mol. The molecule has 1 aliphatic carbocycles. The van der Waals surface area contributed by atoms with Gasteiger partial charge in [0, 0.05) is 31.9 Å². The zero-order chi connectivity index (χ0) is 14.5. The molecule has 0 aromatic heterocycles. The first-order chi connectivity index (χ1) is 10.3. The summed E-state index contributed by atoms with van der Waals surface area (Å²) < 4.78 is 5.84. The molecule has 21 heavy (non-hydrogen) atoms. The molecule has 0 aromatic carbocycles. The first-order valence-corrected chi connectivity index (χ1v) is 9.53. The Bertz CT molecular complexity index is 369. The van der Waals surface area contributed by atoms with Crippen molar-refractivity contribution in [2.24, 2.45) is 10.4 Å². The monoisotopic (exact) mass is 311 g/mol. The average molecular weight is 311 g/mol. The second-order valence-electron chi connectivity index (χ2n) is 6.74. The largest absolute Gasteiger partial charge is 0.374 e. The number of hydrogen-bond acceptors (Lipinski definition) is 5. The van der Waals surface area contributed by atoms with Gasteiger partial charge in [0.2, 0.25) is 0 Å². The lowest BCUT2D eigenvalue weighted by molar-refractivity contribution is -0.0232. The fourth-order valence-corrected chi connectivity index (χ4v) is 4.82. The summed E-state index contributed by atoms with van der Waals surface area (Å²) in [5.74, 6) is 1.26. The molecule has 120 valence electrons. The number of hydrogen-bond donors (Lipinski definition) is 1. The van der Waals surface area contributed by atoms with Gasteiger partial charge in [-0.15, -0.1) is 0 Å². The lowest BCUT2D eigenvalue weighted by atomic mass is 9.75. The van der Waals surface area contributed by atoms with Gasteiger partial charge in [-0.05, 0) is 24.8 Å². The Kier molecular flexibility index (Phi) is 5.46. The van der Waals surface area contributed by atoms with E-state index in [2.05, 4.69) is 17.1 Å². The molecule has 1 N–H and O–H groups in total. The van der Waals surface area contributed by atoms with Crippen molar-refractivity contribution in [3.8, 4) is 0 Å². The predicted octanol–water partition coefficient (Wildman–Crippen LogP) is 2.35. The Hall–Kier alpha value is -0.260. The summed E-state index contributed by atoms with van der Waals surface area (Å²) in [6.07, 6.45) is 7.31. The van der Waals surface area contributed by atoms with E-state index in [1.165, 1.54) is 37.9 Å². The van der Waals surface area contributed by atoms with E-state index in [-0.39, 0.29) is 0 Å². The van der Waals surface area contributed by atoms with Crippen molar-refractivity contribution in [3.63, 3.8) is 0 Å². The van der Waals surface area contributed by atoms with Gasteiger partial charge in [0.25, 0.3) is 0 Å². The van der Waals surface area contributed by atoms with Crippen LogP contribution in [0.1, 0.15) is 39.0 Å². The van der Waals surface area contributed by atoms with Crippen LogP contribution in [0.5, 0.6) is 0 Å². The molecule has 2 fully saturated rings. The number of amidine groups is 1. The number of likely N-dealkylation sites (N-methyl/N-ethyl adjacent to an activating group) is 1. The van der Waals surface area contributed by atoms with Crippen LogP contribution in [0.3, 0.4) is 0 Å². The van der Waals surface area contributed by atoms with E-state index in [1.54, 1.807) is 0 Å². The average Bonchev–Trinajstić information content (AvgIpc) is 2.55. The SMILES string of the molecule is CCN1CCOC(CNC2=NCC3(CCCCC3)CS2)C1. The van der Waals surface area contributed by atoms with E-state index in [0.717, 1.165) is 44.5 Å². The minimum atomic E-state index is 0.313. The highest BCUT2D eigenvalue weighted by Crippen LogP contribution is 2.41. The summed E-state index contributed by atoms with van der Waals surface area (Å²) in [6.45, 7) is 8.27. The zero-order valence-electron chi connectivity index (χ0n) is 13.3. The third kappa shape index (κ3) is 4.14. The zero-order valence-corrected chi connectivity index (χ0v) is 14.1. The van der Waals surface area contributed by atoms with Crippen LogP contribution in [0.2, 0.25) is 0 Å². The van der Waals surface area contributed by atoms with Gasteiger partial charge in [0.15, 0.2) is 5.17 Å². The molecule has 2 aliphatic heterocycles. The quantitative estimate of drug-likeness (QED) is 0.868. The summed E-state index contributed by atoms with van der Waals surface area (Å²) in [5.41, 5.74) is 0.522. The molecule has 0 amide bonds. The molecule has 0 radical (unpaired) electrons. The Labute approximate surface area is 133 Å². The van der Waals surface area contributed by atoms with Crippen molar-refractivity contribution < 1.29 is 4.74 Å². The van der Waals surface area contributed by atoms with Crippen molar-refractivity contribution in [3.05, 3.63) is 0 Å². The Morgan fingerprint density at radius 3 is 2.95 bits per heavy atom. The highest BCUT2D eigenvalue weighted by atomic mass is 32.2. The normalized spacial score (nSPS) is 30.1. The molecule has 3 aliphatic rings. The van der Waals surface area contributed by atoms with Crippen LogP contribution in [-0.2, 0) is 4.74 Å². The standard InChI is InChI=1S/C16H29N3OS/c1-2-19-8-9-20-14(11-19)10-17-15-18-12-16(13-21-15)6-4-3-5-7-16/h14H,2-13H2,1H3,(H,17,18). The predicted molar refractivity (Wildman–Crippen MR) is 90.1 cm³/mol. The van der Waals surface area contributed by atoms with Crippen molar-refractivity contribution in [1.82, 2.24) is 10.2 Å². The molecule has 1 spiro atoms. The van der Waals surface area contributed by atoms with E-state index < -0.39 is 0 Å². The molecular formula is C16H29N3OS. The Morgan fingerprint density at radius 2 is 2.24 bits per heavy atom. The topological polar surface area (TPSA) is 36.9 Å². The molecule has 1 unspecified atom stereocenters. The number of nitrogens with zero attached hydrogens (tertiary/aromatic N) is 2. The summed E-state index contributed by atoms with van der Waals surface area (Å²) in [7, 11) is 0. The number of nitrogens with one attached hydrogen (secondary N) is 1. The van der Waals surface area contributed by atoms with Gasteiger partial charge in [0.05, 0.1) is 12.7 Å². The van der Waals surface area contributed by atoms with Gasteiger partial charge in [-0.25, -0.2) is 0 Å². The van der Waals surface area contributed by atoms with E-state index >= 15 is 0 Å². The number of thioether (sulfide) groups is 1. The minimum absolute atomic E-state index is 0.313. The van der Waals surface area contributed by atoms with Crippen molar-refractivity contribution in [1.29, 1.82) is 0 Å². The number of morpholine rings is 1. The van der Waals surface area contributed by atoms with Crippen LogP contribution in [0, 0.1) is 5.41 Å². The van der Waals surface area contributed by atoms with Gasteiger partial charge in [-0.2, -0.15) is 0 Å². The smallest absolute Gasteiger partial charge is 0.156 e. The molecule has 2 heterocycles. The fraction of sp³-hybridized carbons (Fsp3) is 0.938. The van der Waals surface area contributed by atoms with Gasteiger partial charge < -0.3 is 10.1 Å². The van der Waals surface area contributed by atoms with Crippen molar-refractivity contribution in [2.75, 3.05) is 45.1 Å². The fourth-order valence-electron chi connectivity index (χ4n) is 3.66. The van der Waals surface area contributed by atoms with Gasteiger partial charge >= 0.3 is 0 Å². The summed E-state index contributed by atoms with van der Waals surface area (Å²) in [6, 6.07) is 0. The number of rotatable bonds is 3. The van der Waals surface area contributed by atoms with Gasteiger partial charge in [-0.1, -0.05) is 37.9 Å². The molecule has 3 rings (SSSR count). The minimum Gasteiger partial charge on any atom is -0.374 e. The van der Waals surface area contributed by atoms with Gasteiger partial charge in [0.1, 0.15) is 0 Å². The second-order valence-corrected chi connectivity index (χ2v) is 7.70. The van der Waals surface area contributed by atoms with E-state index in [9.17, 15) is 0 Å². The maximum absolute atomic E-state index is 5.84. The molecule has 0 aromatic rings. The summed E-state index contributed by atoms with van der Waals surface area (Å²) in [4.78, 5) is 7.29. The lowest BCUT2D eigenvalue weighted by Crippen LogP contribution is -2.47. The molecule has 1 saturated carbocycles. The van der Waals surface area contributed by atoms with E-state index in [0.29, 0.717) is 11.5 Å². The van der Waals surface area contributed by atoms with Gasteiger partial charge in [-0.3, -0.25) is 9.89 Å². The van der Waals surface area contributed by atoms with Crippen LogP contribution in [0.15, 0.2) is 4.99 Å². The third-order valence-electron chi connectivity index (χ3n) is 5.14. The lowest BCUT2D eigenvalue weighted by Gasteiger charge is -2.38. The first kappa shape index (κ1) is 15.6. The Balaban J connectivity index is 1.44. The third-order valence-corrected chi connectivity index (χ3v) is 6.44. The Morgan fingerprint density at radius 1 is 1.38 bits per heavy atom. The highest BCUT2D eigenvalue weighted by Gasteiger charge is 2.35. The second kappa shape index (κ2) is 7.34. The van der Waals surface area contributed by atoms with E-state index in [4.69, 9.17) is 9.73 Å². The first-order valence-electron chi connectivity index (χ1n) is 8.55. The van der Waals surface area contributed by atoms with Crippen molar-refractivity contribution in [2.45, 2.75) is 45.1 Å². The molecule has 4 nitrogen and oxygen atoms in total. The van der Waals surface area contributed by atoms with Crippen LogP contribution in [0.4, 0.5) is 0 Å². The maximum Gasteiger partial charge on any atom is 0.156 e. The van der Waals surface area contributed by atoms with Crippen LogP contribution in [-0.4, -0.2) is 61.3 Å². The van der Waals surface area contributed by atoms with Crippen LogP contribution in [0.25, 0.3) is 0 Å². The molecule has 1 saturated heterocycles. The number of aliphatic imine (C=N–C) groups is 1. The summed E-state index contributed by atoms with van der Waals surface area (Å²) in [5, 5.41) is 4.66. The van der Waals surface area contributed by atoms with Crippen LogP contribution >= 0.6 is 11.8 Å². The number of ether oxygens (including phenoxy) is 1. The summed E-state index contributed by atoms with van der Waals surface area (Å²) >= 11 is 1.93. The molecule has 5 heteroatoms. The van der Waals surface area contributed by atoms with E-state index in [1.807, 2.05) is 11.8 Å². The van der Waals surface area contributed by atoms with Crippen molar-refractivity contribution >= 4 is 16.9 Å².